The molecule has 0 saturated heterocycles. The number of benzene rings is 1. The van der Waals surface area contributed by atoms with Gasteiger partial charge in [0.2, 0.25) is 5.91 Å². The molecule has 0 spiro atoms. The highest BCUT2D eigenvalue weighted by molar-refractivity contribution is 6.20. The zero-order valence-corrected chi connectivity index (χ0v) is 12.5. The van der Waals surface area contributed by atoms with Gasteiger partial charge in [-0.05, 0) is 32.9 Å². The van der Waals surface area contributed by atoms with Crippen LogP contribution in [0.25, 0.3) is 0 Å². The summed E-state index contributed by atoms with van der Waals surface area (Å²) in [7, 11) is 1.58. The van der Waals surface area contributed by atoms with Gasteiger partial charge in [0, 0.05) is 17.6 Å². The standard InChI is InChI=1S/C14H20ClNO3/c1-5-19-12-8-10(6-7-11(12)18-4)16-13(17)14(2,3)9-15/h6-8H,5,9H2,1-4H3,(H,16,17). The fourth-order valence-corrected chi connectivity index (χ4v) is 1.51. The summed E-state index contributed by atoms with van der Waals surface area (Å²) in [5, 5.41) is 2.82. The molecule has 1 aromatic rings. The van der Waals surface area contributed by atoms with Gasteiger partial charge in [-0.3, -0.25) is 4.79 Å². The average molecular weight is 286 g/mol. The van der Waals surface area contributed by atoms with Crippen molar-refractivity contribution in [1.82, 2.24) is 0 Å². The molecule has 0 saturated carbocycles. The zero-order valence-electron chi connectivity index (χ0n) is 11.7. The highest BCUT2D eigenvalue weighted by Crippen LogP contribution is 2.31. The van der Waals surface area contributed by atoms with Gasteiger partial charge in [-0.2, -0.15) is 0 Å². The van der Waals surface area contributed by atoms with Crippen molar-refractivity contribution in [2.45, 2.75) is 20.8 Å². The second-order valence-corrected chi connectivity index (χ2v) is 5.04. The number of carbonyl (C=O) groups excluding carboxylic acids is 1. The summed E-state index contributed by atoms with van der Waals surface area (Å²) in [6.45, 7) is 6.01. The Labute approximate surface area is 119 Å². The Bertz CT molecular complexity index is 446. The predicted molar refractivity (Wildman–Crippen MR) is 77.3 cm³/mol. The summed E-state index contributed by atoms with van der Waals surface area (Å²) < 4.78 is 10.6. The van der Waals surface area contributed by atoms with Crippen LogP contribution in [0.4, 0.5) is 5.69 Å². The lowest BCUT2D eigenvalue weighted by molar-refractivity contribution is -0.122. The van der Waals surface area contributed by atoms with Crippen molar-refractivity contribution in [3.05, 3.63) is 18.2 Å². The Morgan fingerprint density at radius 1 is 1.37 bits per heavy atom. The Kier molecular flexibility index (Phi) is 5.48. The molecule has 0 fully saturated rings. The van der Waals surface area contributed by atoms with Crippen LogP contribution in [-0.2, 0) is 4.79 Å². The lowest BCUT2D eigenvalue weighted by Gasteiger charge is -2.20. The molecule has 1 N–H and O–H groups in total. The van der Waals surface area contributed by atoms with E-state index in [-0.39, 0.29) is 11.8 Å². The molecular formula is C14H20ClNO3. The summed E-state index contributed by atoms with van der Waals surface area (Å²) in [4.78, 5) is 12.0. The molecule has 5 heteroatoms. The number of ether oxygens (including phenoxy) is 2. The normalized spacial score (nSPS) is 11.0. The third-order valence-electron chi connectivity index (χ3n) is 2.67. The second-order valence-electron chi connectivity index (χ2n) is 4.77. The number of amides is 1. The highest BCUT2D eigenvalue weighted by Gasteiger charge is 2.26. The predicted octanol–water partition coefficient (Wildman–Crippen LogP) is 3.30. The van der Waals surface area contributed by atoms with Gasteiger partial charge in [-0.15, -0.1) is 11.6 Å². The summed E-state index contributed by atoms with van der Waals surface area (Å²) >= 11 is 5.78. The van der Waals surface area contributed by atoms with E-state index >= 15 is 0 Å². The van der Waals surface area contributed by atoms with Crippen LogP contribution in [0.2, 0.25) is 0 Å². The quantitative estimate of drug-likeness (QED) is 0.816. The largest absolute Gasteiger partial charge is 0.493 e. The van der Waals surface area contributed by atoms with Gasteiger partial charge in [-0.25, -0.2) is 0 Å². The van der Waals surface area contributed by atoms with Gasteiger partial charge in [0.1, 0.15) is 0 Å². The van der Waals surface area contributed by atoms with Gasteiger partial charge < -0.3 is 14.8 Å². The minimum atomic E-state index is -0.618. The van der Waals surface area contributed by atoms with Crippen LogP contribution in [0.1, 0.15) is 20.8 Å². The minimum Gasteiger partial charge on any atom is -0.493 e. The van der Waals surface area contributed by atoms with E-state index in [0.717, 1.165) is 0 Å². The number of carbonyl (C=O) groups is 1. The van der Waals surface area contributed by atoms with E-state index in [1.165, 1.54) is 0 Å². The third-order valence-corrected chi connectivity index (χ3v) is 3.34. The van der Waals surface area contributed by atoms with Crippen LogP contribution in [0, 0.1) is 5.41 Å². The molecule has 0 radical (unpaired) electrons. The smallest absolute Gasteiger partial charge is 0.231 e. The minimum absolute atomic E-state index is 0.130. The number of anilines is 1. The fourth-order valence-electron chi connectivity index (χ4n) is 1.38. The highest BCUT2D eigenvalue weighted by atomic mass is 35.5. The van der Waals surface area contributed by atoms with Gasteiger partial charge in [0.05, 0.1) is 19.1 Å². The Hall–Kier alpha value is -1.42. The molecular weight excluding hydrogens is 266 g/mol. The van der Waals surface area contributed by atoms with Gasteiger partial charge in [-0.1, -0.05) is 0 Å². The summed E-state index contributed by atoms with van der Waals surface area (Å²) in [6, 6.07) is 5.27. The van der Waals surface area contributed by atoms with Crippen LogP contribution < -0.4 is 14.8 Å². The first-order chi connectivity index (χ1) is 8.94. The van der Waals surface area contributed by atoms with Crippen molar-refractivity contribution in [2.24, 2.45) is 5.41 Å². The molecule has 0 atom stereocenters. The number of hydrogen-bond acceptors (Lipinski definition) is 3. The van der Waals surface area contributed by atoms with E-state index in [4.69, 9.17) is 21.1 Å². The van der Waals surface area contributed by atoms with Gasteiger partial charge in [0.25, 0.3) is 0 Å². The fraction of sp³-hybridized carbons (Fsp3) is 0.500. The lowest BCUT2D eigenvalue weighted by atomic mass is 9.95. The topological polar surface area (TPSA) is 47.6 Å². The van der Waals surface area contributed by atoms with Crippen LogP contribution in [0.15, 0.2) is 18.2 Å². The van der Waals surface area contributed by atoms with E-state index in [2.05, 4.69) is 5.32 Å². The van der Waals surface area contributed by atoms with Gasteiger partial charge >= 0.3 is 0 Å². The van der Waals surface area contributed by atoms with Crippen molar-refractivity contribution < 1.29 is 14.3 Å². The Balaban J connectivity index is 2.91. The molecule has 4 nitrogen and oxygen atoms in total. The third kappa shape index (κ3) is 4.03. The molecule has 0 aromatic heterocycles. The van der Waals surface area contributed by atoms with Crippen LogP contribution in [0.3, 0.4) is 0 Å². The molecule has 0 heterocycles. The zero-order chi connectivity index (χ0) is 14.5. The molecule has 0 aliphatic rings. The van der Waals surface area contributed by atoms with Crippen molar-refractivity contribution in [1.29, 1.82) is 0 Å². The summed E-state index contributed by atoms with van der Waals surface area (Å²) in [5.74, 6) is 1.37. The summed E-state index contributed by atoms with van der Waals surface area (Å²) in [5.41, 5.74) is 0.0419. The van der Waals surface area contributed by atoms with Crippen LogP contribution in [-0.4, -0.2) is 25.5 Å². The number of rotatable bonds is 6. The number of hydrogen-bond donors (Lipinski definition) is 1. The second kappa shape index (κ2) is 6.66. The molecule has 1 aromatic carbocycles. The molecule has 1 rings (SSSR count). The number of alkyl halides is 1. The molecule has 106 valence electrons. The monoisotopic (exact) mass is 285 g/mol. The first-order valence-electron chi connectivity index (χ1n) is 6.13. The number of nitrogens with one attached hydrogen (secondary N) is 1. The molecule has 19 heavy (non-hydrogen) atoms. The number of halogens is 1. The lowest BCUT2D eigenvalue weighted by Crippen LogP contribution is -2.32. The van der Waals surface area contributed by atoms with E-state index in [1.807, 2.05) is 6.92 Å². The van der Waals surface area contributed by atoms with Crippen LogP contribution in [0.5, 0.6) is 11.5 Å². The van der Waals surface area contributed by atoms with E-state index in [0.29, 0.717) is 23.8 Å². The number of methoxy groups -OCH3 is 1. The van der Waals surface area contributed by atoms with E-state index in [9.17, 15) is 4.79 Å². The molecule has 0 aliphatic heterocycles. The SMILES string of the molecule is CCOc1cc(NC(=O)C(C)(C)CCl)ccc1OC. The maximum atomic E-state index is 12.0. The van der Waals surface area contributed by atoms with Crippen molar-refractivity contribution in [3.8, 4) is 11.5 Å². The van der Waals surface area contributed by atoms with E-state index in [1.54, 1.807) is 39.2 Å². The van der Waals surface area contributed by atoms with Crippen molar-refractivity contribution in [2.75, 3.05) is 24.9 Å². The maximum absolute atomic E-state index is 12.0. The Morgan fingerprint density at radius 2 is 2.05 bits per heavy atom. The van der Waals surface area contributed by atoms with E-state index < -0.39 is 5.41 Å². The van der Waals surface area contributed by atoms with Crippen molar-refractivity contribution in [3.63, 3.8) is 0 Å². The van der Waals surface area contributed by atoms with Crippen molar-refractivity contribution >= 4 is 23.2 Å². The summed E-state index contributed by atoms with van der Waals surface area (Å²) in [6.07, 6.45) is 0. The van der Waals surface area contributed by atoms with Crippen LogP contribution >= 0.6 is 11.6 Å². The molecule has 0 bridgehead atoms. The Morgan fingerprint density at radius 3 is 2.58 bits per heavy atom. The molecule has 0 unspecified atom stereocenters. The van der Waals surface area contributed by atoms with Gasteiger partial charge in [0.15, 0.2) is 11.5 Å². The molecule has 0 aliphatic carbocycles. The first kappa shape index (κ1) is 15.6. The molecule has 1 amide bonds. The maximum Gasteiger partial charge on any atom is 0.231 e. The average Bonchev–Trinajstić information content (AvgIpc) is 2.39. The first-order valence-corrected chi connectivity index (χ1v) is 6.66.